The van der Waals surface area contributed by atoms with E-state index in [0.717, 1.165) is 0 Å². The van der Waals surface area contributed by atoms with E-state index in [-0.39, 0.29) is 0 Å². The molecule has 4 nitrogen and oxygen atoms in total. The van der Waals surface area contributed by atoms with E-state index in [1.165, 1.54) is 0 Å². The maximum atomic E-state index is 12.3. The van der Waals surface area contributed by atoms with E-state index in [1.807, 2.05) is 0 Å². The molecule has 0 aliphatic carbocycles. The van der Waals surface area contributed by atoms with Crippen LogP contribution in [0.1, 0.15) is 41.5 Å². The monoisotopic (exact) mass is 282 g/mol. The molecule has 2 N–H and O–H groups in total. The van der Waals surface area contributed by atoms with Crippen molar-refractivity contribution in [2.75, 3.05) is 0 Å². The normalized spacial score (nSPS) is 14.8. The lowest BCUT2D eigenvalue weighted by molar-refractivity contribution is -0.175. The van der Waals surface area contributed by atoms with Gasteiger partial charge in [0, 0.05) is 5.54 Å². The number of hydrogen-bond acceptors (Lipinski definition) is 2. The maximum Gasteiger partial charge on any atom is 0.471 e. The first-order valence-electron chi connectivity index (χ1n) is 5.84. The smallest absolute Gasteiger partial charge is 0.350 e. The molecule has 0 aromatic heterocycles. The summed E-state index contributed by atoms with van der Waals surface area (Å²) in [5, 5.41) is 4.30. The third kappa shape index (κ3) is 6.45. The summed E-state index contributed by atoms with van der Waals surface area (Å²) in [5.74, 6) is -2.76. The topological polar surface area (TPSA) is 58.2 Å². The highest BCUT2D eigenvalue weighted by Gasteiger charge is 2.43. The molecule has 0 fully saturated rings. The third-order valence-electron chi connectivity index (χ3n) is 2.16. The molecular weight excluding hydrogens is 261 g/mol. The van der Waals surface area contributed by atoms with Gasteiger partial charge < -0.3 is 10.6 Å². The number of amides is 2. The fraction of sp³-hybridized carbons (Fsp3) is 0.833. The zero-order valence-electron chi connectivity index (χ0n) is 12.0. The second-order valence-corrected chi connectivity index (χ2v) is 6.51. The molecule has 0 aliphatic heterocycles. The number of carbonyl (C=O) groups excluding carboxylic acids is 2. The van der Waals surface area contributed by atoms with Crippen LogP contribution in [0, 0.1) is 5.41 Å². The van der Waals surface area contributed by atoms with Crippen molar-refractivity contribution in [3.05, 3.63) is 0 Å². The van der Waals surface area contributed by atoms with Gasteiger partial charge in [-0.15, -0.1) is 0 Å². The van der Waals surface area contributed by atoms with Gasteiger partial charge in [-0.1, -0.05) is 20.8 Å². The van der Waals surface area contributed by atoms with Gasteiger partial charge in [0.05, 0.1) is 0 Å². The van der Waals surface area contributed by atoms with E-state index in [4.69, 9.17) is 0 Å². The molecule has 0 radical (unpaired) electrons. The van der Waals surface area contributed by atoms with Crippen molar-refractivity contribution in [2.24, 2.45) is 5.41 Å². The molecule has 0 aliphatic rings. The minimum atomic E-state index is -5.01. The number of nitrogens with one attached hydrogen (secondary N) is 2. The lowest BCUT2D eigenvalue weighted by atomic mass is 9.85. The molecule has 0 saturated heterocycles. The van der Waals surface area contributed by atoms with Crippen LogP contribution < -0.4 is 10.6 Å². The fourth-order valence-corrected chi connectivity index (χ4v) is 1.33. The van der Waals surface area contributed by atoms with Gasteiger partial charge in [0.1, 0.15) is 6.04 Å². The SMILES string of the molecule is CC(C)(C)NC(=O)C(NC(=O)C(F)(F)F)C(C)(C)C. The lowest BCUT2D eigenvalue weighted by Gasteiger charge is -2.33. The number of rotatable bonds is 2. The van der Waals surface area contributed by atoms with E-state index >= 15 is 0 Å². The Kier molecular flexibility index (Phi) is 5.02. The van der Waals surface area contributed by atoms with Gasteiger partial charge in [-0.25, -0.2) is 0 Å². The van der Waals surface area contributed by atoms with Crippen LogP contribution in [0.4, 0.5) is 13.2 Å². The summed E-state index contributed by atoms with van der Waals surface area (Å²) in [6.45, 7) is 9.85. The van der Waals surface area contributed by atoms with E-state index in [2.05, 4.69) is 5.32 Å². The van der Waals surface area contributed by atoms with Crippen LogP contribution in [0.15, 0.2) is 0 Å². The summed E-state index contributed by atoms with van der Waals surface area (Å²) in [6.07, 6.45) is -5.01. The van der Waals surface area contributed by atoms with Crippen molar-refractivity contribution < 1.29 is 22.8 Å². The Morgan fingerprint density at radius 2 is 1.37 bits per heavy atom. The van der Waals surface area contributed by atoms with Crippen LogP contribution in [-0.4, -0.2) is 29.6 Å². The molecule has 2 amide bonds. The van der Waals surface area contributed by atoms with Crippen molar-refractivity contribution in [3.63, 3.8) is 0 Å². The zero-order chi connectivity index (χ0) is 15.6. The summed E-state index contributed by atoms with van der Waals surface area (Å²) in [4.78, 5) is 23.0. The molecule has 112 valence electrons. The zero-order valence-corrected chi connectivity index (χ0v) is 12.0. The molecule has 0 spiro atoms. The van der Waals surface area contributed by atoms with Crippen molar-refractivity contribution in [1.29, 1.82) is 0 Å². The molecule has 0 saturated carbocycles. The Balaban J connectivity index is 5.06. The fourth-order valence-electron chi connectivity index (χ4n) is 1.33. The van der Waals surface area contributed by atoms with E-state index in [1.54, 1.807) is 46.9 Å². The second-order valence-electron chi connectivity index (χ2n) is 6.51. The maximum absolute atomic E-state index is 12.3. The highest BCUT2D eigenvalue weighted by Crippen LogP contribution is 2.22. The molecule has 19 heavy (non-hydrogen) atoms. The Bertz CT molecular complexity index is 351. The van der Waals surface area contributed by atoms with Crippen molar-refractivity contribution in [3.8, 4) is 0 Å². The predicted molar refractivity (Wildman–Crippen MR) is 65.3 cm³/mol. The van der Waals surface area contributed by atoms with Crippen molar-refractivity contribution in [1.82, 2.24) is 10.6 Å². The molecular formula is C12H21F3N2O2. The Morgan fingerprint density at radius 3 is 1.63 bits per heavy atom. The summed E-state index contributed by atoms with van der Waals surface area (Å²) in [6, 6.07) is -1.26. The van der Waals surface area contributed by atoms with Gasteiger partial charge in [0.2, 0.25) is 5.91 Å². The van der Waals surface area contributed by atoms with Crippen LogP contribution >= 0.6 is 0 Å². The average molecular weight is 282 g/mol. The molecule has 0 heterocycles. The number of alkyl halides is 3. The first kappa shape index (κ1) is 17.7. The van der Waals surface area contributed by atoms with Crippen LogP contribution in [0.2, 0.25) is 0 Å². The van der Waals surface area contributed by atoms with Gasteiger partial charge >= 0.3 is 12.1 Å². The Labute approximate surface area is 111 Å². The predicted octanol–water partition coefficient (Wildman–Crippen LogP) is 1.99. The number of halogens is 3. The quantitative estimate of drug-likeness (QED) is 0.814. The summed E-state index contributed by atoms with van der Waals surface area (Å²) < 4.78 is 36.8. The molecule has 0 aromatic rings. The first-order valence-corrected chi connectivity index (χ1v) is 5.84. The Hall–Kier alpha value is -1.27. The van der Waals surface area contributed by atoms with Gasteiger partial charge in [-0.2, -0.15) is 13.2 Å². The second kappa shape index (κ2) is 5.38. The Morgan fingerprint density at radius 1 is 0.947 bits per heavy atom. The van der Waals surface area contributed by atoms with E-state index < -0.39 is 35.0 Å². The minimum Gasteiger partial charge on any atom is -0.350 e. The molecule has 7 heteroatoms. The molecule has 0 bridgehead atoms. The van der Waals surface area contributed by atoms with Gasteiger partial charge in [0.15, 0.2) is 0 Å². The van der Waals surface area contributed by atoms with Crippen molar-refractivity contribution >= 4 is 11.8 Å². The van der Waals surface area contributed by atoms with Crippen LogP contribution in [0.5, 0.6) is 0 Å². The molecule has 1 atom stereocenters. The van der Waals surface area contributed by atoms with Gasteiger partial charge in [0.25, 0.3) is 0 Å². The van der Waals surface area contributed by atoms with E-state index in [9.17, 15) is 22.8 Å². The standard InChI is InChI=1S/C12H21F3N2O2/c1-10(2,3)7(8(18)17-11(4,5)6)16-9(19)12(13,14)15/h7H,1-6H3,(H,16,19)(H,17,18). The highest BCUT2D eigenvalue weighted by molar-refractivity contribution is 5.90. The van der Waals surface area contributed by atoms with Crippen LogP contribution in [-0.2, 0) is 9.59 Å². The van der Waals surface area contributed by atoms with Crippen molar-refractivity contribution in [2.45, 2.75) is 59.3 Å². The minimum absolute atomic E-state index is 0.594. The van der Waals surface area contributed by atoms with Gasteiger partial charge in [-0.3, -0.25) is 9.59 Å². The molecule has 0 aromatic carbocycles. The van der Waals surface area contributed by atoms with Gasteiger partial charge in [-0.05, 0) is 26.2 Å². The number of hydrogen-bond donors (Lipinski definition) is 2. The van der Waals surface area contributed by atoms with E-state index in [0.29, 0.717) is 0 Å². The summed E-state index contributed by atoms with van der Waals surface area (Å²) in [5.41, 5.74) is -1.43. The summed E-state index contributed by atoms with van der Waals surface area (Å²) in [7, 11) is 0. The average Bonchev–Trinajstić information content (AvgIpc) is 2.06. The number of carbonyl (C=O) groups is 2. The molecule has 1 unspecified atom stereocenters. The third-order valence-corrected chi connectivity index (χ3v) is 2.16. The highest BCUT2D eigenvalue weighted by atomic mass is 19.4. The summed E-state index contributed by atoms with van der Waals surface area (Å²) >= 11 is 0. The molecule has 0 rings (SSSR count). The van der Waals surface area contributed by atoms with Crippen LogP contribution in [0.25, 0.3) is 0 Å². The first-order chi connectivity index (χ1) is 8.14. The largest absolute Gasteiger partial charge is 0.471 e. The lowest BCUT2D eigenvalue weighted by Crippen LogP contribution is -2.58. The van der Waals surface area contributed by atoms with Crippen LogP contribution in [0.3, 0.4) is 0 Å².